The van der Waals surface area contributed by atoms with Crippen LogP contribution in [0.1, 0.15) is 35.3 Å². The summed E-state index contributed by atoms with van der Waals surface area (Å²) in [6, 6.07) is 5.59. The lowest BCUT2D eigenvalue weighted by atomic mass is 10.0. The molecule has 1 amide bonds. The number of aromatic nitrogens is 1. The van der Waals surface area contributed by atoms with Crippen LogP contribution in [0.4, 0.5) is 5.82 Å². The fourth-order valence-electron chi connectivity index (χ4n) is 3.85. The quantitative estimate of drug-likeness (QED) is 0.533. The van der Waals surface area contributed by atoms with Gasteiger partial charge in [0.05, 0.1) is 17.7 Å². The summed E-state index contributed by atoms with van der Waals surface area (Å²) in [7, 11) is 1.68. The summed E-state index contributed by atoms with van der Waals surface area (Å²) in [5.74, 6) is 1.18. The van der Waals surface area contributed by atoms with Gasteiger partial charge >= 0.3 is 0 Å². The van der Waals surface area contributed by atoms with Crippen molar-refractivity contribution in [1.29, 1.82) is 5.26 Å². The third kappa shape index (κ3) is 3.46. The molecule has 7 nitrogen and oxygen atoms in total. The van der Waals surface area contributed by atoms with Gasteiger partial charge in [-0.05, 0) is 43.5 Å². The molecule has 0 saturated carbocycles. The van der Waals surface area contributed by atoms with Crippen LogP contribution in [0.2, 0.25) is 0 Å². The fourth-order valence-corrected chi connectivity index (χ4v) is 5.09. The van der Waals surface area contributed by atoms with Gasteiger partial charge in [-0.15, -0.1) is 0 Å². The van der Waals surface area contributed by atoms with Gasteiger partial charge in [0, 0.05) is 25.7 Å². The van der Waals surface area contributed by atoms with Crippen molar-refractivity contribution in [2.75, 3.05) is 18.0 Å². The second-order valence-electron chi connectivity index (χ2n) is 7.25. The molecule has 0 radical (unpaired) electrons. The number of amides is 1. The van der Waals surface area contributed by atoms with Crippen LogP contribution in [0.5, 0.6) is 0 Å². The maximum atomic E-state index is 13.1. The van der Waals surface area contributed by atoms with E-state index in [1.807, 2.05) is 6.07 Å². The standard InChI is InChI=1S/C21H20N4O3S2/c1-13-15(18(24-7-3-4-8-24)23(2)19(26)16(13)11-22)10-17-20(27)25(21(29)30-17)12-14-6-5-9-28-14/h5-6,9-10H,3-4,7-8,12H2,1-2H3/b17-10-. The van der Waals surface area contributed by atoms with Gasteiger partial charge in [-0.2, -0.15) is 5.26 Å². The number of pyridine rings is 1. The highest BCUT2D eigenvalue weighted by molar-refractivity contribution is 8.26. The van der Waals surface area contributed by atoms with E-state index in [9.17, 15) is 14.9 Å². The highest BCUT2D eigenvalue weighted by Crippen LogP contribution is 2.36. The Morgan fingerprint density at radius 2 is 2.07 bits per heavy atom. The number of rotatable bonds is 4. The van der Waals surface area contributed by atoms with Crippen molar-refractivity contribution in [2.24, 2.45) is 7.05 Å². The van der Waals surface area contributed by atoms with Gasteiger partial charge < -0.3 is 9.32 Å². The van der Waals surface area contributed by atoms with Gasteiger partial charge in [0.15, 0.2) is 0 Å². The predicted octanol–water partition coefficient (Wildman–Crippen LogP) is 3.16. The molecule has 0 aromatic carbocycles. The molecule has 2 aliphatic heterocycles. The summed E-state index contributed by atoms with van der Waals surface area (Å²) < 4.78 is 7.32. The zero-order chi connectivity index (χ0) is 21.4. The largest absolute Gasteiger partial charge is 0.467 e. The van der Waals surface area contributed by atoms with Crippen molar-refractivity contribution >= 4 is 46.1 Å². The van der Waals surface area contributed by atoms with Crippen LogP contribution in [-0.2, 0) is 18.4 Å². The van der Waals surface area contributed by atoms with Crippen LogP contribution >= 0.6 is 24.0 Å². The van der Waals surface area contributed by atoms with E-state index in [0.717, 1.165) is 31.7 Å². The normalized spacial score (nSPS) is 18.0. The molecule has 0 bridgehead atoms. The molecule has 4 rings (SSSR count). The number of carbonyl (C=O) groups is 1. The van der Waals surface area contributed by atoms with Crippen molar-refractivity contribution in [1.82, 2.24) is 9.47 Å². The first-order valence-corrected chi connectivity index (χ1v) is 10.8. The molecule has 2 aromatic heterocycles. The van der Waals surface area contributed by atoms with E-state index in [-0.39, 0.29) is 23.6 Å². The smallest absolute Gasteiger partial charge is 0.270 e. The van der Waals surface area contributed by atoms with Crippen molar-refractivity contribution in [3.05, 3.63) is 56.1 Å². The first-order chi connectivity index (χ1) is 14.4. The minimum Gasteiger partial charge on any atom is -0.467 e. The summed E-state index contributed by atoms with van der Waals surface area (Å²) in [4.78, 5) is 29.9. The Balaban J connectivity index is 1.80. The lowest BCUT2D eigenvalue weighted by Gasteiger charge is -2.25. The summed E-state index contributed by atoms with van der Waals surface area (Å²) in [5, 5.41) is 9.54. The number of nitrogens with zero attached hydrogens (tertiary/aromatic N) is 4. The summed E-state index contributed by atoms with van der Waals surface area (Å²) in [6.07, 6.45) is 5.41. The molecular weight excluding hydrogens is 420 g/mol. The maximum absolute atomic E-state index is 13.1. The third-order valence-electron chi connectivity index (χ3n) is 5.42. The number of nitriles is 1. The van der Waals surface area contributed by atoms with E-state index in [2.05, 4.69) is 4.90 Å². The minimum absolute atomic E-state index is 0.0951. The molecule has 2 saturated heterocycles. The SMILES string of the molecule is Cc1c(/C=C2\SC(=S)N(Cc3ccco3)C2=O)c(N2CCCC2)n(C)c(=O)c1C#N. The number of anilines is 1. The van der Waals surface area contributed by atoms with Gasteiger partial charge in [0.25, 0.3) is 11.5 Å². The monoisotopic (exact) mass is 440 g/mol. The molecular formula is C21H20N4O3S2. The zero-order valence-electron chi connectivity index (χ0n) is 16.7. The number of hydrogen-bond acceptors (Lipinski definition) is 7. The van der Waals surface area contributed by atoms with Crippen LogP contribution in [0.3, 0.4) is 0 Å². The number of carbonyl (C=O) groups excluding carboxylic acids is 1. The second-order valence-corrected chi connectivity index (χ2v) is 8.93. The molecule has 30 heavy (non-hydrogen) atoms. The van der Waals surface area contributed by atoms with Gasteiger partial charge in [0.2, 0.25) is 0 Å². The first-order valence-electron chi connectivity index (χ1n) is 9.58. The average molecular weight is 441 g/mol. The van der Waals surface area contributed by atoms with Crippen molar-refractivity contribution < 1.29 is 9.21 Å². The Bertz CT molecular complexity index is 1150. The number of hydrogen-bond donors (Lipinski definition) is 0. The van der Waals surface area contributed by atoms with E-state index in [1.165, 1.54) is 21.2 Å². The van der Waals surface area contributed by atoms with E-state index >= 15 is 0 Å². The average Bonchev–Trinajstić information content (AvgIpc) is 3.47. The van der Waals surface area contributed by atoms with Crippen molar-refractivity contribution in [3.8, 4) is 6.07 Å². The van der Waals surface area contributed by atoms with Gasteiger partial charge in [-0.25, -0.2) is 0 Å². The number of furan rings is 1. The summed E-state index contributed by atoms with van der Waals surface area (Å²) in [5.41, 5.74) is 1.07. The first kappa shape index (κ1) is 20.4. The van der Waals surface area contributed by atoms with Gasteiger partial charge in [-0.3, -0.25) is 19.1 Å². The van der Waals surface area contributed by atoms with E-state index in [1.54, 1.807) is 38.4 Å². The van der Waals surface area contributed by atoms with Crippen LogP contribution < -0.4 is 10.5 Å². The van der Waals surface area contributed by atoms with Crippen LogP contribution in [-0.4, -0.2) is 32.8 Å². The molecule has 154 valence electrons. The molecule has 2 aliphatic rings. The molecule has 0 N–H and O–H groups in total. The number of thioether (sulfide) groups is 1. The Kier molecular flexibility index (Phi) is 5.54. The molecule has 0 atom stereocenters. The maximum Gasteiger partial charge on any atom is 0.270 e. The minimum atomic E-state index is -0.320. The van der Waals surface area contributed by atoms with E-state index in [0.29, 0.717) is 26.1 Å². The Hall–Kier alpha value is -2.83. The second kappa shape index (κ2) is 8.13. The highest BCUT2D eigenvalue weighted by Gasteiger charge is 2.34. The molecule has 9 heteroatoms. The Morgan fingerprint density at radius 1 is 1.33 bits per heavy atom. The molecule has 0 aliphatic carbocycles. The lowest BCUT2D eigenvalue weighted by molar-refractivity contribution is -0.122. The van der Waals surface area contributed by atoms with Crippen molar-refractivity contribution in [2.45, 2.75) is 26.3 Å². The molecule has 2 aromatic rings. The predicted molar refractivity (Wildman–Crippen MR) is 120 cm³/mol. The van der Waals surface area contributed by atoms with Crippen LogP contribution in [0, 0.1) is 18.3 Å². The number of thiocarbonyl (C=S) groups is 1. The Morgan fingerprint density at radius 3 is 2.70 bits per heavy atom. The molecule has 4 heterocycles. The third-order valence-corrected chi connectivity index (χ3v) is 6.79. The van der Waals surface area contributed by atoms with Crippen LogP contribution in [0.25, 0.3) is 6.08 Å². The summed E-state index contributed by atoms with van der Waals surface area (Å²) in [6.45, 7) is 3.69. The van der Waals surface area contributed by atoms with E-state index in [4.69, 9.17) is 16.6 Å². The highest BCUT2D eigenvalue weighted by atomic mass is 32.2. The van der Waals surface area contributed by atoms with Gasteiger partial charge in [0.1, 0.15) is 27.5 Å². The zero-order valence-corrected chi connectivity index (χ0v) is 18.3. The van der Waals surface area contributed by atoms with Gasteiger partial charge in [-0.1, -0.05) is 24.0 Å². The summed E-state index contributed by atoms with van der Waals surface area (Å²) >= 11 is 6.64. The molecule has 0 unspecified atom stereocenters. The van der Waals surface area contributed by atoms with E-state index < -0.39 is 0 Å². The topological polar surface area (TPSA) is 82.5 Å². The Labute approximate surface area is 183 Å². The lowest BCUT2D eigenvalue weighted by Crippen LogP contribution is -2.31. The molecule has 2 fully saturated rings. The fraction of sp³-hybridized carbons (Fsp3) is 0.333. The van der Waals surface area contributed by atoms with Crippen LogP contribution in [0.15, 0.2) is 32.5 Å². The molecule has 0 spiro atoms. The van der Waals surface area contributed by atoms with Crippen molar-refractivity contribution in [3.63, 3.8) is 0 Å².